The Bertz CT molecular complexity index is 1030. The number of hydrogen-bond donors (Lipinski definition) is 2. The molecule has 0 atom stereocenters. The number of aromatic hydroxyl groups is 1. The molecule has 0 radical (unpaired) electrons. The highest BCUT2D eigenvalue weighted by Gasteiger charge is 2.16. The molecular weight excluding hydrogens is 304 g/mol. The van der Waals surface area contributed by atoms with Crippen LogP contribution in [0.5, 0.6) is 11.5 Å². The second-order valence-corrected chi connectivity index (χ2v) is 5.24. The van der Waals surface area contributed by atoms with Crippen molar-refractivity contribution in [3.8, 4) is 34.0 Å². The molecule has 24 heavy (non-hydrogen) atoms. The van der Waals surface area contributed by atoms with Crippen LogP contribution in [0.2, 0.25) is 0 Å². The number of methoxy groups -OCH3 is 1. The fraction of sp³-hybridized carbons (Fsp3) is 0.0556. The van der Waals surface area contributed by atoms with Gasteiger partial charge in [-0.2, -0.15) is 5.10 Å². The van der Waals surface area contributed by atoms with E-state index in [4.69, 9.17) is 4.74 Å². The summed E-state index contributed by atoms with van der Waals surface area (Å²) in [6.45, 7) is 0. The van der Waals surface area contributed by atoms with Crippen LogP contribution in [0.25, 0.3) is 33.7 Å². The fourth-order valence-corrected chi connectivity index (χ4v) is 2.65. The molecule has 0 aliphatic carbocycles. The van der Waals surface area contributed by atoms with Crippen molar-refractivity contribution in [2.45, 2.75) is 0 Å². The number of phenols is 1. The molecule has 6 nitrogen and oxygen atoms in total. The van der Waals surface area contributed by atoms with Gasteiger partial charge in [0.25, 0.3) is 0 Å². The van der Waals surface area contributed by atoms with Gasteiger partial charge >= 0.3 is 0 Å². The predicted molar refractivity (Wildman–Crippen MR) is 90.8 cm³/mol. The van der Waals surface area contributed by atoms with Crippen molar-refractivity contribution in [2.24, 2.45) is 0 Å². The summed E-state index contributed by atoms with van der Waals surface area (Å²) in [6.07, 6.45) is 1.60. The maximum Gasteiger partial charge on any atom is 0.200 e. The molecule has 2 heterocycles. The summed E-state index contributed by atoms with van der Waals surface area (Å²) in [5.74, 6) is 0.881. The second-order valence-electron chi connectivity index (χ2n) is 5.24. The lowest BCUT2D eigenvalue weighted by Crippen LogP contribution is -1.91. The van der Waals surface area contributed by atoms with Gasteiger partial charge in [-0.05, 0) is 24.3 Å². The van der Waals surface area contributed by atoms with Gasteiger partial charge in [0, 0.05) is 11.1 Å². The number of para-hydroxylation sites is 2. The third-order valence-corrected chi connectivity index (χ3v) is 3.82. The van der Waals surface area contributed by atoms with E-state index in [1.165, 1.54) is 0 Å². The van der Waals surface area contributed by atoms with Gasteiger partial charge in [0.15, 0.2) is 5.65 Å². The van der Waals surface area contributed by atoms with Gasteiger partial charge in [0.2, 0.25) is 0 Å². The summed E-state index contributed by atoms with van der Waals surface area (Å²) >= 11 is 0. The number of nitrogens with one attached hydrogen (secondary N) is 1. The lowest BCUT2D eigenvalue weighted by molar-refractivity contribution is 0.416. The molecule has 2 N–H and O–H groups in total. The van der Waals surface area contributed by atoms with Crippen LogP contribution in [0.1, 0.15) is 0 Å². The van der Waals surface area contributed by atoms with E-state index in [2.05, 4.69) is 20.2 Å². The molecular formula is C18H14N4O2. The third kappa shape index (κ3) is 2.25. The van der Waals surface area contributed by atoms with Gasteiger partial charge in [-0.3, -0.25) is 5.10 Å². The first kappa shape index (κ1) is 14.2. The molecule has 0 amide bonds. The molecule has 0 spiro atoms. The zero-order valence-electron chi connectivity index (χ0n) is 12.9. The highest BCUT2D eigenvalue weighted by atomic mass is 16.5. The minimum Gasteiger partial charge on any atom is -0.507 e. The zero-order valence-corrected chi connectivity index (χ0v) is 12.9. The minimum absolute atomic E-state index is 0.161. The Kier molecular flexibility index (Phi) is 3.35. The largest absolute Gasteiger partial charge is 0.507 e. The number of nitrogens with zero attached hydrogens (tertiary/aromatic N) is 3. The average Bonchev–Trinajstić information content (AvgIpc) is 3.05. The molecule has 2 aromatic carbocycles. The van der Waals surface area contributed by atoms with Gasteiger partial charge in [-0.15, -0.1) is 0 Å². The summed E-state index contributed by atoms with van der Waals surface area (Å²) < 4.78 is 5.42. The normalized spacial score (nSPS) is 10.9. The molecule has 118 valence electrons. The Morgan fingerprint density at radius 1 is 1.00 bits per heavy atom. The Morgan fingerprint density at radius 2 is 1.75 bits per heavy atom. The molecule has 4 aromatic rings. The molecule has 0 unspecified atom stereocenters. The molecule has 0 bridgehead atoms. The zero-order chi connectivity index (χ0) is 16.5. The van der Waals surface area contributed by atoms with Crippen LogP contribution >= 0.6 is 0 Å². The van der Waals surface area contributed by atoms with Crippen molar-refractivity contribution < 1.29 is 9.84 Å². The topological polar surface area (TPSA) is 83.9 Å². The molecule has 4 rings (SSSR count). The second kappa shape index (κ2) is 5.66. The smallest absolute Gasteiger partial charge is 0.200 e. The van der Waals surface area contributed by atoms with Crippen LogP contribution in [0.4, 0.5) is 0 Å². The fourth-order valence-electron chi connectivity index (χ4n) is 2.65. The van der Waals surface area contributed by atoms with Crippen LogP contribution in [0, 0.1) is 0 Å². The van der Waals surface area contributed by atoms with E-state index in [1.54, 1.807) is 31.5 Å². The summed E-state index contributed by atoms with van der Waals surface area (Å²) in [7, 11) is 1.62. The van der Waals surface area contributed by atoms with Crippen molar-refractivity contribution in [1.29, 1.82) is 0 Å². The van der Waals surface area contributed by atoms with E-state index in [-0.39, 0.29) is 5.75 Å². The summed E-state index contributed by atoms with van der Waals surface area (Å²) in [6, 6.07) is 14.7. The van der Waals surface area contributed by atoms with Crippen molar-refractivity contribution >= 4 is 11.2 Å². The standard InChI is InChI=1S/C18H14N4O2/c1-24-15-9-5-3-7-12(15)16-17-18(22-21-16)19-10-13(20-17)11-6-2-4-8-14(11)23/h2-10,23H,1H3,(H,19,21,22). The number of aromatic nitrogens is 4. The first-order valence-corrected chi connectivity index (χ1v) is 7.41. The van der Waals surface area contributed by atoms with Crippen LogP contribution in [-0.4, -0.2) is 32.4 Å². The van der Waals surface area contributed by atoms with E-state index < -0.39 is 0 Å². The summed E-state index contributed by atoms with van der Waals surface area (Å²) in [5, 5.41) is 17.2. The maximum absolute atomic E-state index is 10.0. The molecule has 0 fully saturated rings. The quantitative estimate of drug-likeness (QED) is 0.605. The summed E-state index contributed by atoms with van der Waals surface area (Å²) in [5.41, 5.74) is 3.92. The van der Waals surface area contributed by atoms with Gasteiger partial charge in [0.1, 0.15) is 17.0 Å². The van der Waals surface area contributed by atoms with Crippen molar-refractivity contribution in [3.63, 3.8) is 0 Å². The summed E-state index contributed by atoms with van der Waals surface area (Å²) in [4.78, 5) is 8.99. The number of hydrogen-bond acceptors (Lipinski definition) is 5. The molecule has 2 aromatic heterocycles. The Labute approximate surface area is 137 Å². The average molecular weight is 318 g/mol. The first-order valence-electron chi connectivity index (χ1n) is 7.41. The van der Waals surface area contributed by atoms with Crippen molar-refractivity contribution in [1.82, 2.24) is 20.2 Å². The van der Waals surface area contributed by atoms with E-state index in [0.717, 1.165) is 17.0 Å². The molecule has 0 saturated carbocycles. The van der Waals surface area contributed by atoms with E-state index in [0.29, 0.717) is 22.4 Å². The Morgan fingerprint density at radius 3 is 2.54 bits per heavy atom. The van der Waals surface area contributed by atoms with Crippen molar-refractivity contribution in [2.75, 3.05) is 7.11 Å². The molecule has 0 saturated heterocycles. The number of benzene rings is 2. The van der Waals surface area contributed by atoms with E-state index in [9.17, 15) is 5.11 Å². The lowest BCUT2D eigenvalue weighted by Gasteiger charge is -2.07. The molecule has 0 aliphatic heterocycles. The molecule has 6 heteroatoms. The van der Waals surface area contributed by atoms with E-state index >= 15 is 0 Å². The lowest BCUT2D eigenvalue weighted by atomic mass is 10.1. The Balaban J connectivity index is 1.93. The Hall–Kier alpha value is -3.41. The monoisotopic (exact) mass is 318 g/mol. The van der Waals surface area contributed by atoms with Gasteiger partial charge in [0.05, 0.1) is 24.7 Å². The number of rotatable bonds is 3. The number of ether oxygens (including phenoxy) is 1. The SMILES string of the molecule is COc1ccccc1-c1[nH]nc2ncc(-c3ccccc3O)nc12. The van der Waals surface area contributed by atoms with Gasteiger partial charge in [-0.25, -0.2) is 9.97 Å². The van der Waals surface area contributed by atoms with Crippen LogP contribution in [0.3, 0.4) is 0 Å². The highest BCUT2D eigenvalue weighted by molar-refractivity contribution is 5.90. The van der Waals surface area contributed by atoms with Gasteiger partial charge < -0.3 is 9.84 Å². The maximum atomic E-state index is 10.0. The molecule has 0 aliphatic rings. The number of fused-ring (bicyclic) bond motifs is 1. The number of aromatic amines is 1. The number of phenolic OH excluding ortho intramolecular Hbond substituents is 1. The predicted octanol–water partition coefficient (Wildman–Crippen LogP) is 3.40. The first-order chi connectivity index (χ1) is 11.8. The van der Waals surface area contributed by atoms with Crippen LogP contribution < -0.4 is 4.74 Å². The third-order valence-electron chi connectivity index (χ3n) is 3.82. The van der Waals surface area contributed by atoms with Crippen LogP contribution in [-0.2, 0) is 0 Å². The van der Waals surface area contributed by atoms with E-state index in [1.807, 2.05) is 30.3 Å². The van der Waals surface area contributed by atoms with Crippen molar-refractivity contribution in [3.05, 3.63) is 54.7 Å². The van der Waals surface area contributed by atoms with Gasteiger partial charge in [-0.1, -0.05) is 24.3 Å². The minimum atomic E-state index is 0.161. The highest BCUT2D eigenvalue weighted by Crippen LogP contribution is 2.33. The van der Waals surface area contributed by atoms with Crippen LogP contribution in [0.15, 0.2) is 54.7 Å². The number of H-pyrrole nitrogens is 1.